The normalized spacial score (nSPS) is 24.9. The monoisotopic (exact) mass is 252 g/mol. The van der Waals surface area contributed by atoms with Crippen LogP contribution in [0.4, 0.5) is 14.5 Å². The minimum Gasteiger partial charge on any atom is -0.372 e. The second kappa shape index (κ2) is 3.92. The number of hydrogen-bond donors (Lipinski definition) is 1. The van der Waals surface area contributed by atoms with E-state index in [1.165, 1.54) is 18.5 Å². The fourth-order valence-corrected chi connectivity index (χ4v) is 3.05. The highest BCUT2D eigenvalue weighted by atomic mass is 19.3. The summed E-state index contributed by atoms with van der Waals surface area (Å²) in [6.07, 6.45) is 2.00. The van der Waals surface area contributed by atoms with Gasteiger partial charge in [-0.2, -0.15) is 0 Å². The molecule has 2 fully saturated rings. The van der Waals surface area contributed by atoms with Crippen LogP contribution in [0.3, 0.4) is 0 Å². The number of alkyl halides is 2. The summed E-state index contributed by atoms with van der Waals surface area (Å²) >= 11 is 0. The maximum Gasteiger partial charge on any atom is 0.252 e. The molecule has 0 atom stereocenters. The molecular weight excluding hydrogens is 234 g/mol. The fourth-order valence-electron chi connectivity index (χ4n) is 3.05. The highest BCUT2D eigenvalue weighted by Crippen LogP contribution is 2.49. The largest absolute Gasteiger partial charge is 0.372 e. The van der Waals surface area contributed by atoms with E-state index in [0.717, 1.165) is 18.7 Å². The molecule has 0 spiro atoms. The van der Waals surface area contributed by atoms with E-state index in [-0.39, 0.29) is 12.8 Å². The summed E-state index contributed by atoms with van der Waals surface area (Å²) in [4.78, 5) is 2.32. The Morgan fingerprint density at radius 2 is 1.56 bits per heavy atom. The van der Waals surface area contributed by atoms with E-state index in [2.05, 4.69) is 4.90 Å². The molecule has 0 aromatic heterocycles. The predicted octanol–water partition coefficient (Wildman–Crippen LogP) is 2.87. The van der Waals surface area contributed by atoms with E-state index < -0.39 is 11.5 Å². The fraction of sp³-hybridized carbons (Fsp3) is 0.571. The van der Waals surface area contributed by atoms with Gasteiger partial charge in [0.15, 0.2) is 0 Å². The van der Waals surface area contributed by atoms with Crippen LogP contribution in [0.2, 0.25) is 0 Å². The summed E-state index contributed by atoms with van der Waals surface area (Å²) in [7, 11) is 0. The lowest BCUT2D eigenvalue weighted by Gasteiger charge is -2.45. The molecule has 0 amide bonds. The predicted molar refractivity (Wildman–Crippen MR) is 67.9 cm³/mol. The van der Waals surface area contributed by atoms with Crippen molar-refractivity contribution in [1.29, 1.82) is 0 Å². The number of halogens is 2. The third-order valence-electron chi connectivity index (χ3n) is 4.06. The summed E-state index contributed by atoms with van der Waals surface area (Å²) in [6.45, 7) is 2.18. The highest BCUT2D eigenvalue weighted by molar-refractivity contribution is 5.49. The highest BCUT2D eigenvalue weighted by Gasteiger charge is 2.55. The Hall–Kier alpha value is -1.16. The van der Waals surface area contributed by atoms with Crippen molar-refractivity contribution in [2.45, 2.75) is 37.1 Å². The second-order valence-electron chi connectivity index (χ2n) is 5.61. The van der Waals surface area contributed by atoms with Gasteiger partial charge in [0.1, 0.15) is 0 Å². The number of nitrogens with zero attached hydrogens (tertiary/aromatic N) is 1. The molecule has 0 radical (unpaired) electrons. The summed E-state index contributed by atoms with van der Waals surface area (Å²) in [6, 6.07) is 7.82. The Bertz CT molecular complexity index is 428. The Balaban J connectivity index is 1.75. The molecule has 2 aliphatic rings. The third-order valence-corrected chi connectivity index (χ3v) is 4.06. The first-order valence-corrected chi connectivity index (χ1v) is 6.51. The van der Waals surface area contributed by atoms with Crippen LogP contribution in [0, 0.1) is 0 Å². The summed E-state index contributed by atoms with van der Waals surface area (Å²) in [5.74, 6) is -2.58. The van der Waals surface area contributed by atoms with Crippen LogP contribution < -0.4 is 10.6 Å². The molecule has 1 saturated carbocycles. The van der Waals surface area contributed by atoms with Gasteiger partial charge in [-0.05, 0) is 30.5 Å². The van der Waals surface area contributed by atoms with E-state index in [1.807, 2.05) is 24.3 Å². The molecule has 3 rings (SSSR count). The Morgan fingerprint density at radius 1 is 1.00 bits per heavy atom. The number of anilines is 1. The first-order valence-electron chi connectivity index (χ1n) is 6.51. The molecule has 98 valence electrons. The molecular formula is C14H18F2N2. The second-order valence-corrected chi connectivity index (χ2v) is 5.61. The third kappa shape index (κ3) is 1.99. The zero-order valence-electron chi connectivity index (χ0n) is 10.3. The van der Waals surface area contributed by atoms with Gasteiger partial charge in [-0.3, -0.25) is 0 Å². The van der Waals surface area contributed by atoms with Crippen LogP contribution >= 0.6 is 0 Å². The summed E-state index contributed by atoms with van der Waals surface area (Å²) < 4.78 is 25.9. The average molecular weight is 252 g/mol. The maximum atomic E-state index is 13.0. The van der Waals surface area contributed by atoms with Crippen molar-refractivity contribution in [2.24, 2.45) is 5.73 Å². The maximum absolute atomic E-state index is 13.0. The molecule has 4 heteroatoms. The lowest BCUT2D eigenvalue weighted by molar-refractivity contribution is -0.125. The van der Waals surface area contributed by atoms with Gasteiger partial charge in [-0.1, -0.05) is 12.1 Å². The van der Waals surface area contributed by atoms with Crippen LogP contribution in [0.25, 0.3) is 0 Å². The molecule has 1 aromatic carbocycles. The quantitative estimate of drug-likeness (QED) is 0.877. The summed E-state index contributed by atoms with van der Waals surface area (Å²) in [5.41, 5.74) is 7.19. The lowest BCUT2D eigenvalue weighted by Crippen LogP contribution is -2.55. The van der Waals surface area contributed by atoms with Gasteiger partial charge in [0.05, 0.1) is 5.54 Å². The molecule has 0 bridgehead atoms. The van der Waals surface area contributed by atoms with Crippen molar-refractivity contribution < 1.29 is 8.78 Å². The van der Waals surface area contributed by atoms with E-state index in [0.29, 0.717) is 0 Å². The van der Waals surface area contributed by atoms with Crippen LogP contribution in [-0.2, 0) is 5.54 Å². The Kier molecular flexibility index (Phi) is 2.59. The summed E-state index contributed by atoms with van der Waals surface area (Å²) in [5, 5.41) is 0. The van der Waals surface area contributed by atoms with Gasteiger partial charge >= 0.3 is 0 Å². The van der Waals surface area contributed by atoms with Crippen molar-refractivity contribution in [3.63, 3.8) is 0 Å². The van der Waals surface area contributed by atoms with Gasteiger partial charge in [0, 0.05) is 31.6 Å². The molecule has 18 heavy (non-hydrogen) atoms. The molecule has 2 nitrogen and oxygen atoms in total. The Labute approximate surface area is 106 Å². The van der Waals surface area contributed by atoms with Crippen molar-refractivity contribution in [1.82, 2.24) is 0 Å². The van der Waals surface area contributed by atoms with E-state index >= 15 is 0 Å². The molecule has 1 saturated heterocycles. The standard InChI is InChI=1S/C14H18F2N2/c15-14(16)9-13(17,10-14)11-3-5-12(6-4-11)18-7-1-2-8-18/h3-6H,1-2,7-10,17H2. The van der Waals surface area contributed by atoms with Crippen molar-refractivity contribution in [2.75, 3.05) is 18.0 Å². The SMILES string of the molecule is NC1(c2ccc(N3CCCC3)cc2)CC(F)(F)C1. The molecule has 1 aromatic rings. The van der Waals surface area contributed by atoms with Crippen LogP contribution in [0.1, 0.15) is 31.2 Å². The minimum atomic E-state index is -2.58. The molecule has 0 unspecified atom stereocenters. The number of rotatable bonds is 2. The van der Waals surface area contributed by atoms with Crippen molar-refractivity contribution in [3.05, 3.63) is 29.8 Å². The van der Waals surface area contributed by atoms with Crippen molar-refractivity contribution in [3.8, 4) is 0 Å². The van der Waals surface area contributed by atoms with E-state index in [4.69, 9.17) is 5.73 Å². The van der Waals surface area contributed by atoms with Crippen LogP contribution in [0.15, 0.2) is 24.3 Å². The van der Waals surface area contributed by atoms with Gasteiger partial charge < -0.3 is 10.6 Å². The van der Waals surface area contributed by atoms with Gasteiger partial charge in [-0.25, -0.2) is 8.78 Å². The van der Waals surface area contributed by atoms with E-state index in [1.54, 1.807) is 0 Å². The molecule has 1 heterocycles. The number of benzene rings is 1. The topological polar surface area (TPSA) is 29.3 Å². The zero-order valence-corrected chi connectivity index (χ0v) is 10.3. The Morgan fingerprint density at radius 3 is 2.06 bits per heavy atom. The van der Waals surface area contributed by atoms with Crippen LogP contribution in [0.5, 0.6) is 0 Å². The van der Waals surface area contributed by atoms with E-state index in [9.17, 15) is 8.78 Å². The zero-order chi connectivity index (χ0) is 12.8. The van der Waals surface area contributed by atoms with Crippen molar-refractivity contribution >= 4 is 5.69 Å². The average Bonchev–Trinajstić information content (AvgIpc) is 2.80. The first-order chi connectivity index (χ1) is 8.49. The first kappa shape index (κ1) is 11.9. The number of hydrogen-bond acceptors (Lipinski definition) is 2. The van der Waals surface area contributed by atoms with Gasteiger partial charge in [0.25, 0.3) is 5.92 Å². The smallest absolute Gasteiger partial charge is 0.252 e. The minimum absolute atomic E-state index is 0.233. The molecule has 1 aliphatic carbocycles. The lowest BCUT2D eigenvalue weighted by atomic mass is 9.70. The van der Waals surface area contributed by atoms with Gasteiger partial charge in [-0.15, -0.1) is 0 Å². The molecule has 1 aliphatic heterocycles. The molecule has 2 N–H and O–H groups in total. The number of nitrogens with two attached hydrogens (primary N) is 1. The van der Waals surface area contributed by atoms with Crippen LogP contribution in [-0.4, -0.2) is 19.0 Å². The van der Waals surface area contributed by atoms with Gasteiger partial charge in [0.2, 0.25) is 0 Å².